The van der Waals surface area contributed by atoms with Crippen LogP contribution in [0.15, 0.2) is 0 Å². The highest BCUT2D eigenvalue weighted by Gasteiger charge is 2.39. The van der Waals surface area contributed by atoms with Gasteiger partial charge in [-0.15, -0.1) is 0 Å². The van der Waals surface area contributed by atoms with Crippen LogP contribution in [0.3, 0.4) is 0 Å². The van der Waals surface area contributed by atoms with Gasteiger partial charge in [-0.1, -0.05) is 52.9 Å². The highest BCUT2D eigenvalue weighted by molar-refractivity contribution is 5.94. The molecule has 0 unspecified atom stereocenters. The van der Waals surface area contributed by atoms with Crippen LogP contribution in [-0.2, 0) is 24.0 Å². The molecule has 5 amide bonds. The van der Waals surface area contributed by atoms with E-state index in [1.165, 1.54) is 4.90 Å². The molecule has 0 saturated heterocycles. The highest BCUT2D eigenvalue weighted by Crippen LogP contribution is 2.29. The van der Waals surface area contributed by atoms with E-state index in [-0.39, 0.29) is 36.2 Å². The summed E-state index contributed by atoms with van der Waals surface area (Å²) < 4.78 is 0. The SMILES string of the molecule is CC(C)C[C@@H](C(=O)N[C@H](C(=O)N[C@@H](CN)C(N)=O)C1CCCCC1)N(C)C(=O)[C@H](C)N(CC1CCCC1)[C@@H](C)CNC(=O)[C@@H](C)[C@H](C)O. The van der Waals surface area contributed by atoms with Gasteiger partial charge >= 0.3 is 0 Å². The van der Waals surface area contributed by atoms with Gasteiger partial charge in [0, 0.05) is 32.7 Å². The van der Waals surface area contributed by atoms with Crippen molar-refractivity contribution in [3.05, 3.63) is 0 Å². The lowest BCUT2D eigenvalue weighted by molar-refractivity contribution is -0.145. The molecule has 8 N–H and O–H groups in total. The summed E-state index contributed by atoms with van der Waals surface area (Å²) in [6.07, 6.45) is 8.48. The Bertz CT molecular complexity index is 1060. The van der Waals surface area contributed by atoms with Crippen LogP contribution in [0.4, 0.5) is 0 Å². The molecule has 2 fully saturated rings. The number of aliphatic hydroxyl groups excluding tert-OH is 1. The number of carbonyl (C=O) groups is 5. The van der Waals surface area contributed by atoms with E-state index in [1.54, 1.807) is 20.9 Å². The molecule has 7 atom stereocenters. The summed E-state index contributed by atoms with van der Waals surface area (Å²) in [5.74, 6) is -2.31. The van der Waals surface area contributed by atoms with Crippen molar-refractivity contribution in [1.29, 1.82) is 0 Å². The van der Waals surface area contributed by atoms with E-state index in [1.807, 2.05) is 27.7 Å². The summed E-state index contributed by atoms with van der Waals surface area (Å²) >= 11 is 0. The number of aliphatic hydroxyl groups is 1. The van der Waals surface area contributed by atoms with Crippen molar-refractivity contribution in [3.63, 3.8) is 0 Å². The van der Waals surface area contributed by atoms with Gasteiger partial charge < -0.3 is 37.4 Å². The van der Waals surface area contributed by atoms with Crippen LogP contribution in [0.5, 0.6) is 0 Å². The number of likely N-dealkylation sites (N-methyl/N-ethyl adjacent to an activating group) is 1. The molecule has 2 saturated carbocycles. The average molecular weight is 680 g/mol. The Hall–Kier alpha value is -2.77. The molecule has 0 spiro atoms. The van der Waals surface area contributed by atoms with Gasteiger partial charge in [-0.25, -0.2) is 0 Å². The third kappa shape index (κ3) is 12.3. The van der Waals surface area contributed by atoms with Crippen LogP contribution in [0, 0.1) is 23.7 Å². The minimum absolute atomic E-state index is 0.0735. The smallest absolute Gasteiger partial charge is 0.243 e. The summed E-state index contributed by atoms with van der Waals surface area (Å²) in [5, 5.41) is 18.4. The molecule has 0 aromatic carbocycles. The standard InChI is InChI=1S/C35H65N7O6/c1-21(2)17-29(33(46)40-30(27-15-9-8-10-16-27)34(47)39-28(18-36)31(37)44)41(7)35(48)24(5)42(20-26-13-11-12-14-26)22(3)19-38-32(45)23(4)25(6)43/h21-30,43H,8-20,36H2,1-7H3,(H2,37,44)(H,38,45)(H,39,47)(H,40,46)/t22-,23-,24-,25-,28-,29-,30-/m0/s1. The zero-order chi connectivity index (χ0) is 36.1. The first-order valence-electron chi connectivity index (χ1n) is 18.2. The first kappa shape index (κ1) is 41.4. The molecule has 276 valence electrons. The Kier molecular flexibility index (Phi) is 17.3. The number of nitrogens with two attached hydrogens (primary N) is 2. The summed E-state index contributed by atoms with van der Waals surface area (Å²) in [6.45, 7) is 11.9. The third-order valence-electron chi connectivity index (χ3n) is 10.5. The number of hydrogen-bond donors (Lipinski definition) is 6. The number of hydrogen-bond acceptors (Lipinski definition) is 8. The fraction of sp³-hybridized carbons (Fsp3) is 0.857. The predicted molar refractivity (Wildman–Crippen MR) is 186 cm³/mol. The average Bonchev–Trinajstić information content (AvgIpc) is 3.58. The van der Waals surface area contributed by atoms with E-state index in [0.717, 1.165) is 57.8 Å². The lowest BCUT2D eigenvalue weighted by atomic mass is 9.83. The molecule has 0 aromatic heterocycles. The largest absolute Gasteiger partial charge is 0.393 e. The van der Waals surface area contributed by atoms with E-state index >= 15 is 0 Å². The molecule has 0 bridgehead atoms. The maximum atomic E-state index is 14.2. The number of amides is 5. The van der Waals surface area contributed by atoms with Gasteiger partial charge in [0.2, 0.25) is 29.5 Å². The van der Waals surface area contributed by atoms with Crippen LogP contribution in [0.25, 0.3) is 0 Å². The van der Waals surface area contributed by atoms with Gasteiger partial charge in [-0.3, -0.25) is 28.9 Å². The maximum Gasteiger partial charge on any atom is 0.243 e. The summed E-state index contributed by atoms with van der Waals surface area (Å²) in [6, 6.07) is -3.55. The Labute approximate surface area is 288 Å². The van der Waals surface area contributed by atoms with Crippen molar-refractivity contribution in [1.82, 2.24) is 25.8 Å². The first-order valence-corrected chi connectivity index (χ1v) is 18.2. The van der Waals surface area contributed by atoms with Gasteiger partial charge in [0.25, 0.3) is 0 Å². The Morgan fingerprint density at radius 3 is 1.94 bits per heavy atom. The molecule has 2 aliphatic rings. The maximum absolute atomic E-state index is 14.2. The van der Waals surface area contributed by atoms with E-state index in [9.17, 15) is 29.1 Å². The van der Waals surface area contributed by atoms with E-state index in [4.69, 9.17) is 11.5 Å². The highest BCUT2D eigenvalue weighted by atomic mass is 16.3. The zero-order valence-corrected chi connectivity index (χ0v) is 30.5. The molecular weight excluding hydrogens is 614 g/mol. The molecule has 13 heteroatoms. The number of primary amides is 1. The fourth-order valence-electron chi connectivity index (χ4n) is 7.06. The topological polar surface area (TPSA) is 200 Å². The molecule has 0 aromatic rings. The molecule has 2 rings (SSSR count). The van der Waals surface area contributed by atoms with Gasteiger partial charge in [0.15, 0.2) is 0 Å². The summed E-state index contributed by atoms with van der Waals surface area (Å²) in [4.78, 5) is 69.9. The van der Waals surface area contributed by atoms with Crippen LogP contribution in [-0.4, -0.2) is 107 Å². The minimum Gasteiger partial charge on any atom is -0.393 e. The molecule has 2 aliphatic carbocycles. The van der Waals surface area contributed by atoms with Gasteiger partial charge in [0.05, 0.1) is 18.1 Å². The van der Waals surface area contributed by atoms with Crippen molar-refractivity contribution in [2.45, 2.75) is 142 Å². The summed E-state index contributed by atoms with van der Waals surface area (Å²) in [7, 11) is 1.64. The Morgan fingerprint density at radius 2 is 1.42 bits per heavy atom. The lowest BCUT2D eigenvalue weighted by Crippen LogP contribution is -2.61. The second kappa shape index (κ2) is 20.0. The number of nitrogens with zero attached hydrogens (tertiary/aromatic N) is 2. The molecule has 13 nitrogen and oxygen atoms in total. The monoisotopic (exact) mass is 679 g/mol. The second-order valence-electron chi connectivity index (χ2n) is 14.8. The van der Waals surface area contributed by atoms with Crippen molar-refractivity contribution >= 4 is 29.5 Å². The molecule has 0 radical (unpaired) electrons. The molecule has 0 heterocycles. The number of carbonyl (C=O) groups excluding carboxylic acids is 5. The van der Waals surface area contributed by atoms with Crippen molar-refractivity contribution in [2.24, 2.45) is 35.1 Å². The van der Waals surface area contributed by atoms with Crippen LogP contribution in [0.2, 0.25) is 0 Å². The van der Waals surface area contributed by atoms with Crippen molar-refractivity contribution in [3.8, 4) is 0 Å². The quantitative estimate of drug-likeness (QED) is 0.117. The van der Waals surface area contributed by atoms with Crippen LogP contribution >= 0.6 is 0 Å². The van der Waals surface area contributed by atoms with Crippen molar-refractivity contribution < 1.29 is 29.1 Å². The normalized spacial score (nSPS) is 20.3. The van der Waals surface area contributed by atoms with Gasteiger partial charge in [-0.05, 0) is 70.6 Å². The Morgan fingerprint density at radius 1 is 0.833 bits per heavy atom. The molecule has 48 heavy (non-hydrogen) atoms. The predicted octanol–water partition coefficient (Wildman–Crippen LogP) is 1.26. The minimum atomic E-state index is -1.05. The van der Waals surface area contributed by atoms with Gasteiger partial charge in [0.1, 0.15) is 18.1 Å². The first-order chi connectivity index (χ1) is 22.6. The second-order valence-corrected chi connectivity index (χ2v) is 14.8. The molecular formula is C35H65N7O6. The van der Waals surface area contributed by atoms with Crippen LogP contribution in [0.1, 0.15) is 106 Å². The van der Waals surface area contributed by atoms with E-state index in [2.05, 4.69) is 20.9 Å². The van der Waals surface area contributed by atoms with E-state index in [0.29, 0.717) is 25.4 Å². The van der Waals surface area contributed by atoms with E-state index < -0.39 is 53.9 Å². The molecule has 0 aliphatic heterocycles. The fourth-order valence-corrected chi connectivity index (χ4v) is 7.06. The number of nitrogens with one attached hydrogen (secondary N) is 3. The van der Waals surface area contributed by atoms with Crippen LogP contribution < -0.4 is 27.4 Å². The summed E-state index contributed by atoms with van der Waals surface area (Å²) in [5.41, 5.74) is 11.1. The third-order valence-corrected chi connectivity index (χ3v) is 10.5. The van der Waals surface area contributed by atoms with Crippen molar-refractivity contribution in [2.75, 3.05) is 26.7 Å². The zero-order valence-electron chi connectivity index (χ0n) is 30.5. The Balaban J connectivity index is 2.30. The number of rotatable bonds is 19. The lowest BCUT2D eigenvalue weighted by Gasteiger charge is -2.39. The van der Waals surface area contributed by atoms with Gasteiger partial charge in [-0.2, -0.15) is 0 Å².